The number of aliphatic hydroxyl groups is 1. The first-order valence-electron chi connectivity index (χ1n) is 6.97. The molecule has 0 spiro atoms. The van der Waals surface area contributed by atoms with Gasteiger partial charge in [-0.1, -0.05) is 43.7 Å². The van der Waals surface area contributed by atoms with Crippen molar-refractivity contribution in [3.8, 4) is 11.5 Å². The first-order valence-corrected chi connectivity index (χ1v) is 6.97. The van der Waals surface area contributed by atoms with Crippen molar-refractivity contribution in [1.82, 2.24) is 0 Å². The predicted molar refractivity (Wildman–Crippen MR) is 80.8 cm³/mol. The van der Waals surface area contributed by atoms with Gasteiger partial charge in [0.05, 0.1) is 12.1 Å². The molecule has 0 aliphatic carbocycles. The molecule has 3 heteroatoms. The van der Waals surface area contributed by atoms with Crippen LogP contribution in [0.15, 0.2) is 54.6 Å². The van der Waals surface area contributed by atoms with E-state index >= 15 is 0 Å². The number of rotatable bonds is 6. The summed E-state index contributed by atoms with van der Waals surface area (Å²) in [4.78, 5) is 0. The topological polar surface area (TPSA) is 55.5 Å². The van der Waals surface area contributed by atoms with Crippen LogP contribution in [-0.2, 0) is 0 Å². The molecular weight excluding hydrogens is 250 g/mol. The predicted octanol–water partition coefficient (Wildman–Crippen LogP) is 3.64. The highest BCUT2D eigenvalue weighted by Gasteiger charge is 2.15. The van der Waals surface area contributed by atoms with Crippen LogP contribution in [0.25, 0.3) is 0 Å². The number of ether oxygens (including phenoxy) is 1. The van der Waals surface area contributed by atoms with Gasteiger partial charge in [-0.15, -0.1) is 0 Å². The summed E-state index contributed by atoms with van der Waals surface area (Å²) in [5.74, 6) is 1.56. The molecule has 0 aliphatic heterocycles. The lowest BCUT2D eigenvalue weighted by atomic mass is 9.99. The fourth-order valence-corrected chi connectivity index (χ4v) is 2.08. The number of nitrogens with two attached hydrogens (primary N) is 1. The SMILES string of the molecule is CCC[C@@H](O)[C@@H](N)c1ccc(Oc2ccccc2)cc1. The minimum atomic E-state index is -0.499. The molecule has 0 aromatic heterocycles. The average Bonchev–Trinajstić information content (AvgIpc) is 2.48. The summed E-state index contributed by atoms with van der Waals surface area (Å²) in [6.07, 6.45) is 1.13. The van der Waals surface area contributed by atoms with Gasteiger partial charge in [0.1, 0.15) is 11.5 Å². The molecule has 0 bridgehead atoms. The molecule has 0 fully saturated rings. The maximum atomic E-state index is 9.92. The molecule has 0 heterocycles. The highest BCUT2D eigenvalue weighted by atomic mass is 16.5. The van der Waals surface area contributed by atoms with Crippen molar-refractivity contribution in [2.24, 2.45) is 5.73 Å². The van der Waals surface area contributed by atoms with Gasteiger partial charge in [0.2, 0.25) is 0 Å². The number of hydrogen-bond donors (Lipinski definition) is 2. The summed E-state index contributed by atoms with van der Waals surface area (Å²) in [6.45, 7) is 2.03. The molecule has 0 radical (unpaired) electrons. The number of hydrogen-bond acceptors (Lipinski definition) is 3. The van der Waals surface area contributed by atoms with Crippen molar-refractivity contribution in [1.29, 1.82) is 0 Å². The van der Waals surface area contributed by atoms with Gasteiger partial charge in [0, 0.05) is 0 Å². The standard InChI is InChI=1S/C17H21NO2/c1-2-6-16(19)17(18)13-9-11-15(12-10-13)20-14-7-4-3-5-8-14/h3-5,7-12,16-17,19H,2,6,18H2,1H3/t16-,17+/m1/s1. The maximum Gasteiger partial charge on any atom is 0.127 e. The van der Waals surface area contributed by atoms with Crippen LogP contribution in [0.4, 0.5) is 0 Å². The van der Waals surface area contributed by atoms with E-state index in [1.807, 2.05) is 61.5 Å². The lowest BCUT2D eigenvalue weighted by molar-refractivity contribution is 0.134. The molecule has 0 unspecified atom stereocenters. The molecule has 20 heavy (non-hydrogen) atoms. The van der Waals surface area contributed by atoms with Crippen LogP contribution in [0.2, 0.25) is 0 Å². The van der Waals surface area contributed by atoms with Crippen LogP contribution in [0, 0.1) is 0 Å². The van der Waals surface area contributed by atoms with Gasteiger partial charge < -0.3 is 15.6 Å². The van der Waals surface area contributed by atoms with Crippen molar-refractivity contribution in [3.05, 3.63) is 60.2 Å². The fourth-order valence-electron chi connectivity index (χ4n) is 2.08. The van der Waals surface area contributed by atoms with Crippen molar-refractivity contribution < 1.29 is 9.84 Å². The highest BCUT2D eigenvalue weighted by molar-refractivity contribution is 5.34. The number of aliphatic hydroxyl groups excluding tert-OH is 1. The Labute approximate surface area is 120 Å². The van der Waals surface area contributed by atoms with E-state index in [0.29, 0.717) is 6.42 Å². The highest BCUT2D eigenvalue weighted by Crippen LogP contribution is 2.24. The van der Waals surface area contributed by atoms with E-state index in [1.54, 1.807) is 0 Å². The Hall–Kier alpha value is -1.84. The quantitative estimate of drug-likeness (QED) is 0.843. The van der Waals surface area contributed by atoms with Crippen LogP contribution in [0.5, 0.6) is 11.5 Å². The summed E-state index contributed by atoms with van der Waals surface area (Å²) >= 11 is 0. The molecule has 106 valence electrons. The average molecular weight is 271 g/mol. The fraction of sp³-hybridized carbons (Fsp3) is 0.294. The Kier molecular flexibility index (Phi) is 5.16. The van der Waals surface area contributed by atoms with E-state index in [9.17, 15) is 5.11 Å². The molecule has 3 nitrogen and oxygen atoms in total. The summed E-state index contributed by atoms with van der Waals surface area (Å²) < 4.78 is 5.72. The lowest BCUT2D eigenvalue weighted by Crippen LogP contribution is -2.25. The zero-order valence-corrected chi connectivity index (χ0v) is 11.7. The van der Waals surface area contributed by atoms with E-state index in [-0.39, 0.29) is 6.04 Å². The van der Waals surface area contributed by atoms with E-state index in [0.717, 1.165) is 23.5 Å². The maximum absolute atomic E-state index is 9.92. The van der Waals surface area contributed by atoms with Crippen LogP contribution in [0.1, 0.15) is 31.4 Å². The minimum absolute atomic E-state index is 0.347. The second-order valence-electron chi connectivity index (χ2n) is 4.87. The van der Waals surface area contributed by atoms with Gasteiger partial charge in [-0.25, -0.2) is 0 Å². The Balaban J connectivity index is 2.03. The molecule has 3 N–H and O–H groups in total. The van der Waals surface area contributed by atoms with Gasteiger partial charge >= 0.3 is 0 Å². The zero-order chi connectivity index (χ0) is 14.4. The minimum Gasteiger partial charge on any atom is -0.457 e. The van der Waals surface area contributed by atoms with Crippen molar-refractivity contribution >= 4 is 0 Å². The summed E-state index contributed by atoms with van der Waals surface area (Å²) in [5, 5.41) is 9.92. The second-order valence-corrected chi connectivity index (χ2v) is 4.87. The summed E-state index contributed by atoms with van der Waals surface area (Å²) in [6, 6.07) is 16.8. The molecular formula is C17H21NO2. The molecule has 0 saturated carbocycles. The molecule has 2 aromatic carbocycles. The Morgan fingerprint density at radius 2 is 1.60 bits per heavy atom. The molecule has 2 aromatic rings. The lowest BCUT2D eigenvalue weighted by Gasteiger charge is -2.18. The number of benzene rings is 2. The van der Waals surface area contributed by atoms with E-state index < -0.39 is 6.10 Å². The van der Waals surface area contributed by atoms with Crippen LogP contribution < -0.4 is 10.5 Å². The first-order chi connectivity index (χ1) is 9.70. The summed E-state index contributed by atoms with van der Waals surface area (Å²) in [7, 11) is 0. The molecule has 0 saturated heterocycles. The largest absolute Gasteiger partial charge is 0.457 e. The van der Waals surface area contributed by atoms with E-state index in [4.69, 9.17) is 10.5 Å². The molecule has 0 amide bonds. The van der Waals surface area contributed by atoms with Gasteiger partial charge in [0.15, 0.2) is 0 Å². The van der Waals surface area contributed by atoms with Crippen LogP contribution >= 0.6 is 0 Å². The van der Waals surface area contributed by atoms with Crippen LogP contribution in [0.3, 0.4) is 0 Å². The molecule has 0 aliphatic rings. The molecule has 2 rings (SSSR count). The number of para-hydroxylation sites is 1. The third-order valence-electron chi connectivity index (χ3n) is 3.24. The van der Waals surface area contributed by atoms with Crippen molar-refractivity contribution in [2.75, 3.05) is 0 Å². The summed E-state index contributed by atoms with van der Waals surface area (Å²) in [5.41, 5.74) is 6.96. The van der Waals surface area contributed by atoms with Crippen molar-refractivity contribution in [2.45, 2.75) is 31.9 Å². The van der Waals surface area contributed by atoms with Crippen molar-refractivity contribution in [3.63, 3.8) is 0 Å². The van der Waals surface area contributed by atoms with Gasteiger partial charge in [0.25, 0.3) is 0 Å². The molecule has 2 atom stereocenters. The van der Waals surface area contributed by atoms with E-state index in [2.05, 4.69) is 0 Å². The third-order valence-corrected chi connectivity index (χ3v) is 3.24. The third kappa shape index (κ3) is 3.83. The Bertz CT molecular complexity index is 510. The van der Waals surface area contributed by atoms with Gasteiger partial charge in [-0.2, -0.15) is 0 Å². The zero-order valence-electron chi connectivity index (χ0n) is 11.7. The van der Waals surface area contributed by atoms with Crippen LogP contribution in [-0.4, -0.2) is 11.2 Å². The van der Waals surface area contributed by atoms with E-state index in [1.165, 1.54) is 0 Å². The monoisotopic (exact) mass is 271 g/mol. The Morgan fingerprint density at radius 1 is 1.00 bits per heavy atom. The second kappa shape index (κ2) is 7.08. The van der Waals surface area contributed by atoms with Gasteiger partial charge in [-0.3, -0.25) is 0 Å². The first kappa shape index (κ1) is 14.6. The smallest absolute Gasteiger partial charge is 0.127 e. The normalized spacial score (nSPS) is 13.8. The van der Waals surface area contributed by atoms with Gasteiger partial charge in [-0.05, 0) is 36.2 Å². The Morgan fingerprint density at radius 3 is 2.20 bits per heavy atom.